The lowest BCUT2D eigenvalue weighted by atomic mass is 10.0. The third-order valence-corrected chi connectivity index (χ3v) is 5.91. The molecule has 1 aliphatic heterocycles. The molecular formula is C20H20N4O3S. The van der Waals surface area contributed by atoms with E-state index in [4.69, 9.17) is 0 Å². The molecule has 0 bridgehead atoms. The van der Waals surface area contributed by atoms with Crippen molar-refractivity contribution in [1.29, 1.82) is 0 Å². The highest BCUT2D eigenvalue weighted by atomic mass is 32.1. The third-order valence-electron chi connectivity index (χ3n) is 5.01. The molecular weight excluding hydrogens is 376 g/mol. The highest BCUT2D eigenvalue weighted by Crippen LogP contribution is 2.28. The number of anilines is 1. The number of piperazine rings is 1. The molecule has 0 saturated carbocycles. The van der Waals surface area contributed by atoms with E-state index < -0.39 is 5.97 Å². The average molecular weight is 396 g/mol. The zero-order valence-corrected chi connectivity index (χ0v) is 16.1. The fourth-order valence-corrected chi connectivity index (χ4v) is 4.38. The van der Waals surface area contributed by atoms with Crippen molar-refractivity contribution in [2.75, 3.05) is 31.1 Å². The number of benzene rings is 1. The molecule has 0 radical (unpaired) electrons. The van der Waals surface area contributed by atoms with Crippen molar-refractivity contribution in [2.45, 2.75) is 12.8 Å². The molecule has 8 heteroatoms. The lowest BCUT2D eigenvalue weighted by Crippen LogP contribution is -2.49. The fourth-order valence-electron chi connectivity index (χ4n) is 3.52. The van der Waals surface area contributed by atoms with Crippen LogP contribution in [-0.4, -0.2) is 58.0 Å². The topological polar surface area (TPSA) is 86.6 Å². The minimum Gasteiger partial charge on any atom is -0.478 e. The Balaban J connectivity index is 1.36. The van der Waals surface area contributed by atoms with Gasteiger partial charge in [-0.3, -0.25) is 4.79 Å². The number of fused-ring (bicyclic) bond motifs is 1. The van der Waals surface area contributed by atoms with Gasteiger partial charge in [0.1, 0.15) is 12.1 Å². The van der Waals surface area contributed by atoms with Gasteiger partial charge in [-0.25, -0.2) is 14.8 Å². The second-order valence-electron chi connectivity index (χ2n) is 6.66. The summed E-state index contributed by atoms with van der Waals surface area (Å²) >= 11 is 1.63. The summed E-state index contributed by atoms with van der Waals surface area (Å²) in [5.41, 5.74) is 1.91. The Bertz CT molecular complexity index is 1010. The molecule has 0 spiro atoms. The van der Waals surface area contributed by atoms with Crippen molar-refractivity contribution in [3.05, 3.63) is 53.2 Å². The van der Waals surface area contributed by atoms with Crippen LogP contribution in [0.4, 0.5) is 5.82 Å². The van der Waals surface area contributed by atoms with Gasteiger partial charge in [0.05, 0.1) is 15.8 Å². The standard InChI is InChI=1S/C20H20N4O3S/c25-17(6-5-14-3-1-2-4-15(14)20(26)27)23-8-10-24(11-9-23)19-18-16(7-12-28-18)21-13-22-19/h1-4,7,12-13H,5-6,8-11H2,(H,26,27). The third kappa shape index (κ3) is 3.68. The van der Waals surface area contributed by atoms with E-state index in [2.05, 4.69) is 14.9 Å². The number of carboxylic acid groups (broad SMARTS) is 1. The minimum atomic E-state index is -0.957. The van der Waals surface area contributed by atoms with Crippen molar-refractivity contribution in [3.63, 3.8) is 0 Å². The lowest BCUT2D eigenvalue weighted by Gasteiger charge is -2.35. The fraction of sp³-hybridized carbons (Fsp3) is 0.300. The molecule has 3 heterocycles. The van der Waals surface area contributed by atoms with Crippen molar-refractivity contribution < 1.29 is 14.7 Å². The molecule has 4 rings (SSSR count). The number of rotatable bonds is 5. The summed E-state index contributed by atoms with van der Waals surface area (Å²) in [7, 11) is 0. The van der Waals surface area contributed by atoms with Crippen LogP contribution >= 0.6 is 11.3 Å². The highest BCUT2D eigenvalue weighted by Gasteiger charge is 2.23. The Kier molecular flexibility index (Phi) is 5.21. The van der Waals surface area contributed by atoms with E-state index in [0.29, 0.717) is 31.5 Å². The van der Waals surface area contributed by atoms with Gasteiger partial charge in [-0.1, -0.05) is 18.2 Å². The second kappa shape index (κ2) is 7.93. The van der Waals surface area contributed by atoms with Crippen LogP contribution in [0.3, 0.4) is 0 Å². The number of carbonyl (C=O) groups excluding carboxylic acids is 1. The zero-order chi connectivity index (χ0) is 19.5. The molecule has 28 heavy (non-hydrogen) atoms. The Morgan fingerprint density at radius 1 is 1.07 bits per heavy atom. The summed E-state index contributed by atoms with van der Waals surface area (Å²) < 4.78 is 1.08. The second-order valence-corrected chi connectivity index (χ2v) is 7.58. The molecule has 3 aromatic rings. The van der Waals surface area contributed by atoms with Gasteiger partial charge < -0.3 is 14.9 Å². The molecule has 1 fully saturated rings. The first-order valence-corrected chi connectivity index (χ1v) is 10.0. The van der Waals surface area contributed by atoms with Crippen LogP contribution in [0.1, 0.15) is 22.3 Å². The number of aromatic carboxylic acids is 1. The maximum Gasteiger partial charge on any atom is 0.335 e. The van der Waals surface area contributed by atoms with Gasteiger partial charge in [-0.05, 0) is 29.5 Å². The van der Waals surface area contributed by atoms with E-state index in [1.807, 2.05) is 16.3 Å². The molecule has 1 aliphatic rings. The first kappa shape index (κ1) is 18.4. The summed E-state index contributed by atoms with van der Waals surface area (Å²) in [6.07, 6.45) is 2.33. The van der Waals surface area contributed by atoms with E-state index in [-0.39, 0.29) is 11.5 Å². The molecule has 1 aromatic carbocycles. The molecule has 0 atom stereocenters. The summed E-state index contributed by atoms with van der Waals surface area (Å²) in [4.78, 5) is 36.7. The first-order valence-electron chi connectivity index (χ1n) is 9.15. The largest absolute Gasteiger partial charge is 0.478 e. The SMILES string of the molecule is O=C(O)c1ccccc1CCC(=O)N1CCN(c2ncnc3ccsc23)CC1. The van der Waals surface area contributed by atoms with Crippen LogP contribution in [0.5, 0.6) is 0 Å². The smallest absolute Gasteiger partial charge is 0.335 e. The Hall–Kier alpha value is -3.00. The number of aryl methyl sites for hydroxylation is 1. The number of amides is 1. The normalized spacial score (nSPS) is 14.4. The Morgan fingerprint density at radius 3 is 2.64 bits per heavy atom. The number of carbonyl (C=O) groups is 2. The number of hydrogen-bond acceptors (Lipinski definition) is 6. The number of carboxylic acids is 1. The predicted molar refractivity (Wildman–Crippen MR) is 108 cm³/mol. The van der Waals surface area contributed by atoms with Gasteiger partial charge in [0.2, 0.25) is 5.91 Å². The van der Waals surface area contributed by atoms with Crippen molar-refractivity contribution in [1.82, 2.24) is 14.9 Å². The first-order chi connectivity index (χ1) is 13.6. The van der Waals surface area contributed by atoms with Crippen LogP contribution in [0.2, 0.25) is 0 Å². The summed E-state index contributed by atoms with van der Waals surface area (Å²) in [6, 6.07) is 8.84. The number of hydrogen-bond donors (Lipinski definition) is 1. The van der Waals surface area contributed by atoms with E-state index >= 15 is 0 Å². The molecule has 1 saturated heterocycles. The van der Waals surface area contributed by atoms with E-state index in [1.54, 1.807) is 41.9 Å². The molecule has 144 valence electrons. The summed E-state index contributed by atoms with van der Waals surface area (Å²) in [5.74, 6) is 0.0349. The van der Waals surface area contributed by atoms with Crippen LogP contribution in [-0.2, 0) is 11.2 Å². The molecule has 1 amide bonds. The van der Waals surface area contributed by atoms with Gasteiger partial charge in [-0.2, -0.15) is 0 Å². The van der Waals surface area contributed by atoms with Crippen molar-refractivity contribution in [3.8, 4) is 0 Å². The van der Waals surface area contributed by atoms with E-state index in [0.717, 1.165) is 29.1 Å². The van der Waals surface area contributed by atoms with Crippen LogP contribution < -0.4 is 4.90 Å². The highest BCUT2D eigenvalue weighted by molar-refractivity contribution is 7.17. The van der Waals surface area contributed by atoms with Crippen LogP contribution in [0.15, 0.2) is 42.0 Å². The quantitative estimate of drug-likeness (QED) is 0.714. The number of aromatic nitrogens is 2. The van der Waals surface area contributed by atoms with Crippen molar-refractivity contribution >= 4 is 39.2 Å². The van der Waals surface area contributed by atoms with Crippen LogP contribution in [0, 0.1) is 0 Å². The molecule has 0 aliphatic carbocycles. The maximum atomic E-state index is 12.6. The van der Waals surface area contributed by atoms with Gasteiger partial charge in [0.15, 0.2) is 0 Å². The van der Waals surface area contributed by atoms with Gasteiger partial charge in [0.25, 0.3) is 0 Å². The monoisotopic (exact) mass is 396 g/mol. The van der Waals surface area contributed by atoms with E-state index in [9.17, 15) is 14.7 Å². The average Bonchev–Trinajstić information content (AvgIpc) is 3.21. The number of thiophene rings is 1. The lowest BCUT2D eigenvalue weighted by molar-refractivity contribution is -0.131. The molecule has 7 nitrogen and oxygen atoms in total. The number of nitrogens with zero attached hydrogens (tertiary/aromatic N) is 4. The molecule has 0 unspecified atom stereocenters. The summed E-state index contributed by atoms with van der Waals surface area (Å²) in [6.45, 7) is 2.72. The zero-order valence-electron chi connectivity index (χ0n) is 15.2. The maximum absolute atomic E-state index is 12.6. The van der Waals surface area contributed by atoms with E-state index in [1.165, 1.54) is 0 Å². The van der Waals surface area contributed by atoms with Gasteiger partial charge in [-0.15, -0.1) is 11.3 Å². The van der Waals surface area contributed by atoms with Crippen LogP contribution in [0.25, 0.3) is 10.2 Å². The van der Waals surface area contributed by atoms with Gasteiger partial charge >= 0.3 is 5.97 Å². The van der Waals surface area contributed by atoms with Gasteiger partial charge in [0, 0.05) is 32.6 Å². The Labute approximate surface area is 166 Å². The molecule has 1 N–H and O–H groups in total. The minimum absolute atomic E-state index is 0.0591. The predicted octanol–water partition coefficient (Wildman–Crippen LogP) is 2.67. The Morgan fingerprint density at radius 2 is 1.86 bits per heavy atom. The molecule has 2 aromatic heterocycles. The van der Waals surface area contributed by atoms with Crippen molar-refractivity contribution in [2.24, 2.45) is 0 Å². The summed E-state index contributed by atoms with van der Waals surface area (Å²) in [5, 5.41) is 11.3.